The van der Waals surface area contributed by atoms with Crippen molar-refractivity contribution in [2.75, 3.05) is 47.3 Å². The molecule has 0 aliphatic heterocycles. The first-order valence-electron chi connectivity index (χ1n) is 5.22. The van der Waals surface area contributed by atoms with Gasteiger partial charge in [-0.25, -0.2) is 0 Å². The Hall–Kier alpha value is -0.910. The highest BCUT2D eigenvalue weighted by Crippen LogP contribution is 1.91. The number of oxime groups is 1. The third-order valence-electron chi connectivity index (χ3n) is 1.75. The first-order chi connectivity index (χ1) is 7.85. The van der Waals surface area contributed by atoms with Crippen molar-refractivity contribution in [3.05, 3.63) is 12.7 Å². The molecular formula is C11H21NO4. The molecule has 0 amide bonds. The standard InChI is InChI=1S/C11H21NO4/c1-4-11(12-14-3)5-6-15-9-10-16-8-7-13-2/h4H,1,5-10H2,2-3H3/b12-11+. The minimum absolute atomic E-state index is 0.571. The predicted molar refractivity (Wildman–Crippen MR) is 62.8 cm³/mol. The molecule has 0 aromatic carbocycles. The molecule has 5 nitrogen and oxygen atoms in total. The van der Waals surface area contributed by atoms with Crippen LogP contribution in [0.5, 0.6) is 0 Å². The predicted octanol–water partition coefficient (Wildman–Crippen LogP) is 1.24. The summed E-state index contributed by atoms with van der Waals surface area (Å²) < 4.78 is 15.4. The molecule has 16 heavy (non-hydrogen) atoms. The second-order valence-corrected chi connectivity index (χ2v) is 2.94. The molecule has 0 saturated carbocycles. The van der Waals surface area contributed by atoms with Crippen LogP contribution in [-0.4, -0.2) is 53.0 Å². The summed E-state index contributed by atoms with van der Waals surface area (Å²) in [5, 5.41) is 3.77. The van der Waals surface area contributed by atoms with Crippen LogP contribution < -0.4 is 0 Å². The molecule has 0 saturated heterocycles. The molecule has 0 fully saturated rings. The van der Waals surface area contributed by atoms with Crippen molar-refractivity contribution in [2.24, 2.45) is 5.16 Å². The molecule has 0 aliphatic carbocycles. The summed E-state index contributed by atoms with van der Waals surface area (Å²) in [4.78, 5) is 4.64. The van der Waals surface area contributed by atoms with E-state index in [-0.39, 0.29) is 0 Å². The summed E-state index contributed by atoms with van der Waals surface area (Å²) >= 11 is 0. The number of hydrogen-bond donors (Lipinski definition) is 0. The Kier molecular flexibility index (Phi) is 11.5. The molecule has 94 valence electrons. The summed E-state index contributed by atoms with van der Waals surface area (Å²) in [6, 6.07) is 0. The van der Waals surface area contributed by atoms with Crippen LogP contribution in [0.2, 0.25) is 0 Å². The van der Waals surface area contributed by atoms with Gasteiger partial charge < -0.3 is 19.0 Å². The van der Waals surface area contributed by atoms with Gasteiger partial charge in [0.15, 0.2) is 0 Å². The fraction of sp³-hybridized carbons (Fsp3) is 0.727. The van der Waals surface area contributed by atoms with Crippen LogP contribution >= 0.6 is 0 Å². The van der Waals surface area contributed by atoms with Crippen molar-refractivity contribution < 1.29 is 19.0 Å². The van der Waals surface area contributed by atoms with Gasteiger partial charge in [-0.3, -0.25) is 0 Å². The van der Waals surface area contributed by atoms with Gasteiger partial charge in [0.05, 0.1) is 38.7 Å². The maximum Gasteiger partial charge on any atom is 0.106 e. The van der Waals surface area contributed by atoms with E-state index in [4.69, 9.17) is 14.2 Å². The largest absolute Gasteiger partial charge is 0.399 e. The van der Waals surface area contributed by atoms with E-state index in [0.717, 1.165) is 5.71 Å². The van der Waals surface area contributed by atoms with Gasteiger partial charge in [0, 0.05) is 13.5 Å². The van der Waals surface area contributed by atoms with Crippen LogP contribution in [0.1, 0.15) is 6.42 Å². The van der Waals surface area contributed by atoms with Gasteiger partial charge in [-0.1, -0.05) is 11.7 Å². The lowest BCUT2D eigenvalue weighted by Crippen LogP contribution is -2.10. The summed E-state index contributed by atoms with van der Waals surface area (Å²) in [6.07, 6.45) is 2.34. The molecule has 0 aliphatic rings. The Morgan fingerprint density at radius 3 is 2.25 bits per heavy atom. The zero-order chi connectivity index (χ0) is 12.1. The van der Waals surface area contributed by atoms with E-state index in [1.807, 2.05) is 0 Å². The molecule has 0 aromatic rings. The first kappa shape index (κ1) is 15.1. The quantitative estimate of drug-likeness (QED) is 0.305. The molecule has 0 bridgehead atoms. The maximum absolute atomic E-state index is 5.34. The van der Waals surface area contributed by atoms with Crippen molar-refractivity contribution in [3.63, 3.8) is 0 Å². The maximum atomic E-state index is 5.34. The number of hydrogen-bond acceptors (Lipinski definition) is 5. The lowest BCUT2D eigenvalue weighted by molar-refractivity contribution is 0.0264. The van der Waals surface area contributed by atoms with Crippen LogP contribution in [0, 0.1) is 0 Å². The third-order valence-corrected chi connectivity index (χ3v) is 1.75. The van der Waals surface area contributed by atoms with Crippen LogP contribution in [0.4, 0.5) is 0 Å². The number of methoxy groups -OCH3 is 1. The molecule has 0 aromatic heterocycles. The van der Waals surface area contributed by atoms with Crippen molar-refractivity contribution in [1.29, 1.82) is 0 Å². The van der Waals surface area contributed by atoms with Crippen LogP contribution in [0.3, 0.4) is 0 Å². The Labute approximate surface area is 97.0 Å². The lowest BCUT2D eigenvalue weighted by atomic mass is 10.3. The van der Waals surface area contributed by atoms with Crippen LogP contribution in [-0.2, 0) is 19.0 Å². The Morgan fingerprint density at radius 2 is 1.69 bits per heavy atom. The van der Waals surface area contributed by atoms with E-state index in [9.17, 15) is 0 Å². The average molecular weight is 231 g/mol. The third kappa shape index (κ3) is 9.64. The van der Waals surface area contributed by atoms with Gasteiger partial charge in [-0.15, -0.1) is 0 Å². The van der Waals surface area contributed by atoms with E-state index >= 15 is 0 Å². The Balaban J connectivity index is 3.26. The fourth-order valence-electron chi connectivity index (χ4n) is 0.943. The van der Waals surface area contributed by atoms with E-state index in [0.29, 0.717) is 39.5 Å². The molecule has 0 atom stereocenters. The SMILES string of the molecule is C=C/C(CCOCCOCCOC)=N\OC. The number of rotatable bonds is 11. The van der Waals surface area contributed by atoms with Gasteiger partial charge in [0.1, 0.15) is 7.11 Å². The molecule has 0 rings (SSSR count). The molecule has 0 radical (unpaired) electrons. The fourth-order valence-corrected chi connectivity index (χ4v) is 0.943. The smallest absolute Gasteiger partial charge is 0.106 e. The minimum atomic E-state index is 0.571. The average Bonchev–Trinajstić information content (AvgIpc) is 2.31. The molecule has 0 N–H and O–H groups in total. The van der Waals surface area contributed by atoms with Gasteiger partial charge in [0.2, 0.25) is 0 Å². The van der Waals surface area contributed by atoms with Crippen molar-refractivity contribution in [2.45, 2.75) is 6.42 Å². The highest BCUT2D eigenvalue weighted by molar-refractivity contribution is 5.94. The Bertz CT molecular complexity index is 194. The molecule has 0 spiro atoms. The topological polar surface area (TPSA) is 49.3 Å². The minimum Gasteiger partial charge on any atom is -0.399 e. The van der Waals surface area contributed by atoms with Crippen LogP contribution in [0.25, 0.3) is 0 Å². The van der Waals surface area contributed by atoms with Crippen molar-refractivity contribution in [3.8, 4) is 0 Å². The number of allylic oxidation sites excluding steroid dienone is 1. The van der Waals surface area contributed by atoms with Gasteiger partial charge in [-0.2, -0.15) is 0 Å². The highest BCUT2D eigenvalue weighted by atomic mass is 16.6. The molecule has 5 heteroatoms. The first-order valence-corrected chi connectivity index (χ1v) is 5.22. The van der Waals surface area contributed by atoms with E-state index < -0.39 is 0 Å². The normalized spacial score (nSPS) is 11.5. The van der Waals surface area contributed by atoms with Crippen molar-refractivity contribution in [1.82, 2.24) is 0 Å². The molecular weight excluding hydrogens is 210 g/mol. The zero-order valence-corrected chi connectivity index (χ0v) is 10.1. The summed E-state index contributed by atoms with van der Waals surface area (Å²) in [7, 11) is 3.15. The monoisotopic (exact) mass is 231 g/mol. The second kappa shape index (κ2) is 12.2. The van der Waals surface area contributed by atoms with Crippen LogP contribution in [0.15, 0.2) is 17.8 Å². The van der Waals surface area contributed by atoms with Gasteiger partial charge in [-0.05, 0) is 6.08 Å². The summed E-state index contributed by atoms with van der Waals surface area (Å²) in [5.74, 6) is 0. The zero-order valence-electron chi connectivity index (χ0n) is 10.1. The van der Waals surface area contributed by atoms with Gasteiger partial charge in [0.25, 0.3) is 0 Å². The molecule has 0 heterocycles. The lowest BCUT2D eigenvalue weighted by Gasteiger charge is -2.05. The highest BCUT2D eigenvalue weighted by Gasteiger charge is 1.95. The summed E-state index contributed by atoms with van der Waals surface area (Å²) in [5.41, 5.74) is 0.780. The summed E-state index contributed by atoms with van der Waals surface area (Å²) in [6.45, 7) is 6.57. The number of nitrogens with zero attached hydrogens (tertiary/aromatic N) is 1. The van der Waals surface area contributed by atoms with E-state index in [1.165, 1.54) is 7.11 Å². The Morgan fingerprint density at radius 1 is 1.06 bits per heavy atom. The second-order valence-electron chi connectivity index (χ2n) is 2.94. The van der Waals surface area contributed by atoms with E-state index in [2.05, 4.69) is 16.6 Å². The number of ether oxygens (including phenoxy) is 3. The van der Waals surface area contributed by atoms with Gasteiger partial charge >= 0.3 is 0 Å². The van der Waals surface area contributed by atoms with E-state index in [1.54, 1.807) is 13.2 Å². The van der Waals surface area contributed by atoms with Crippen molar-refractivity contribution >= 4 is 5.71 Å². The molecule has 0 unspecified atom stereocenters.